The quantitative estimate of drug-likeness (QED) is 0.459. The third-order valence-electron chi connectivity index (χ3n) is 5.92. The van der Waals surface area contributed by atoms with E-state index in [1.54, 1.807) is 11.8 Å². The van der Waals surface area contributed by atoms with Crippen molar-refractivity contribution in [2.45, 2.75) is 28.7 Å². The molecule has 4 heterocycles. The minimum atomic E-state index is -0.558. The molecule has 2 fully saturated rings. The fourth-order valence-corrected chi connectivity index (χ4v) is 5.66. The smallest absolute Gasteiger partial charge is 0.179 e. The molecule has 162 valence electrons. The van der Waals surface area contributed by atoms with Crippen molar-refractivity contribution < 1.29 is 14.6 Å². The Morgan fingerprint density at radius 3 is 2.44 bits per heavy atom. The number of benzene rings is 2. The molecule has 6 rings (SSSR count). The van der Waals surface area contributed by atoms with E-state index in [4.69, 9.17) is 26.1 Å². The van der Waals surface area contributed by atoms with Crippen LogP contribution in [0.15, 0.2) is 65.8 Å². The summed E-state index contributed by atoms with van der Waals surface area (Å²) in [6.07, 6.45) is -0.939. The summed E-state index contributed by atoms with van der Waals surface area (Å²) in [6.45, 7) is 0.831. The van der Waals surface area contributed by atoms with E-state index in [0.29, 0.717) is 29.6 Å². The number of hydrogen-bond acceptors (Lipinski definition) is 6. The zero-order valence-corrected chi connectivity index (χ0v) is 18.5. The highest BCUT2D eigenvalue weighted by atomic mass is 35.5. The van der Waals surface area contributed by atoms with Gasteiger partial charge in [0.05, 0.1) is 34.7 Å². The van der Waals surface area contributed by atoms with E-state index >= 15 is 0 Å². The van der Waals surface area contributed by atoms with Crippen molar-refractivity contribution in [3.05, 3.63) is 65.7 Å². The maximum atomic E-state index is 9.94. The number of thioether (sulfide) groups is 1. The number of rotatable bonds is 4. The molecule has 2 aliphatic heterocycles. The van der Waals surface area contributed by atoms with Crippen molar-refractivity contribution >= 4 is 34.5 Å². The van der Waals surface area contributed by atoms with Crippen LogP contribution in [0, 0.1) is 0 Å². The fourth-order valence-electron chi connectivity index (χ4n) is 4.29. The maximum Gasteiger partial charge on any atom is 0.179 e. The van der Waals surface area contributed by atoms with E-state index in [1.165, 1.54) is 5.56 Å². The van der Waals surface area contributed by atoms with Crippen LogP contribution >= 0.6 is 23.4 Å². The van der Waals surface area contributed by atoms with Crippen molar-refractivity contribution in [2.75, 3.05) is 13.2 Å². The number of aliphatic hydroxyl groups is 1. The molecule has 0 spiro atoms. The normalized spacial score (nSPS) is 24.8. The lowest BCUT2D eigenvalue weighted by atomic mass is 10.0. The van der Waals surface area contributed by atoms with Gasteiger partial charge in [0.15, 0.2) is 10.8 Å². The molecule has 4 atom stereocenters. The van der Waals surface area contributed by atoms with Gasteiger partial charge in [0.1, 0.15) is 18.3 Å². The zero-order valence-electron chi connectivity index (χ0n) is 16.9. The third-order valence-corrected chi connectivity index (χ3v) is 7.33. The predicted octanol–water partition coefficient (Wildman–Crippen LogP) is 4.56. The van der Waals surface area contributed by atoms with Crippen molar-refractivity contribution in [1.82, 2.24) is 15.0 Å². The number of aromatic nitrogens is 3. The first kappa shape index (κ1) is 20.2. The molecule has 2 N–H and O–H groups in total. The molecule has 0 bridgehead atoms. The van der Waals surface area contributed by atoms with Gasteiger partial charge >= 0.3 is 0 Å². The number of imidazole rings is 1. The van der Waals surface area contributed by atoms with Gasteiger partial charge in [-0.2, -0.15) is 0 Å². The highest BCUT2D eigenvalue weighted by Crippen LogP contribution is 2.37. The van der Waals surface area contributed by atoms with Gasteiger partial charge in [0, 0.05) is 5.56 Å². The summed E-state index contributed by atoms with van der Waals surface area (Å²) in [5, 5.41) is 11.3. The van der Waals surface area contributed by atoms with Crippen LogP contribution in [0.25, 0.3) is 33.5 Å². The Bertz CT molecular complexity index is 1260. The van der Waals surface area contributed by atoms with E-state index in [9.17, 15) is 5.11 Å². The second-order valence-electron chi connectivity index (χ2n) is 7.99. The van der Waals surface area contributed by atoms with Crippen molar-refractivity contribution in [2.24, 2.45) is 0 Å². The van der Waals surface area contributed by atoms with E-state index in [-0.39, 0.29) is 17.5 Å². The van der Waals surface area contributed by atoms with Gasteiger partial charge in [-0.15, -0.1) is 0 Å². The summed E-state index contributed by atoms with van der Waals surface area (Å²) in [6, 6.07) is 20.3. The van der Waals surface area contributed by atoms with Crippen LogP contribution in [0.5, 0.6) is 0 Å². The summed E-state index contributed by atoms with van der Waals surface area (Å²) < 4.78 is 11.4. The van der Waals surface area contributed by atoms with Gasteiger partial charge in [-0.3, -0.25) is 0 Å². The number of nitrogens with one attached hydrogen (secondary N) is 1. The first-order valence-corrected chi connectivity index (χ1v) is 11.7. The average molecular weight is 466 g/mol. The molecular weight excluding hydrogens is 446 g/mol. The van der Waals surface area contributed by atoms with Crippen molar-refractivity contribution in [3.8, 4) is 22.4 Å². The molecule has 2 saturated heterocycles. The number of aliphatic hydroxyl groups excluding tert-OH is 1. The summed E-state index contributed by atoms with van der Waals surface area (Å²) in [5.41, 5.74) is 5.34. The molecule has 8 heteroatoms. The molecule has 0 amide bonds. The van der Waals surface area contributed by atoms with Gasteiger partial charge in [-0.05, 0) is 17.2 Å². The van der Waals surface area contributed by atoms with Crippen LogP contribution in [0.4, 0.5) is 0 Å². The van der Waals surface area contributed by atoms with Gasteiger partial charge in [0.25, 0.3) is 0 Å². The SMILES string of the molecule is OC1COC2C(Sc3nc4nc(-c5ccc(-c6ccccc6)cc5)c(Cl)cc4[nH]3)COC12. The minimum Gasteiger partial charge on any atom is -0.388 e. The van der Waals surface area contributed by atoms with Crippen LogP contribution in [-0.4, -0.2) is 56.8 Å². The number of hydrogen-bond donors (Lipinski definition) is 2. The lowest BCUT2D eigenvalue weighted by molar-refractivity contribution is 0.0188. The number of H-pyrrole nitrogens is 1. The standard InChI is InChI=1S/C24H20ClN3O3S/c25-16-10-17-23(28-24(26-17)32-19-12-31-21-18(29)11-30-22(19)21)27-20(16)15-8-6-14(7-9-15)13-4-2-1-3-5-13/h1-10,18-19,21-22,29H,11-12H2,(H,26,27,28). The summed E-state index contributed by atoms with van der Waals surface area (Å²) in [4.78, 5) is 12.7. The molecule has 2 aromatic heterocycles. The minimum absolute atomic E-state index is 0.0678. The van der Waals surface area contributed by atoms with Crippen LogP contribution in [0.2, 0.25) is 5.02 Å². The summed E-state index contributed by atoms with van der Waals surface area (Å²) >= 11 is 8.13. The Balaban J connectivity index is 1.26. The van der Waals surface area contributed by atoms with Crippen molar-refractivity contribution in [3.63, 3.8) is 0 Å². The maximum absolute atomic E-state index is 9.94. The number of aromatic amines is 1. The first-order valence-electron chi connectivity index (χ1n) is 10.5. The van der Waals surface area contributed by atoms with E-state index < -0.39 is 6.10 Å². The topological polar surface area (TPSA) is 80.3 Å². The predicted molar refractivity (Wildman–Crippen MR) is 125 cm³/mol. The van der Waals surface area contributed by atoms with Crippen LogP contribution in [0.1, 0.15) is 0 Å². The van der Waals surface area contributed by atoms with E-state index in [1.807, 2.05) is 36.4 Å². The molecule has 0 radical (unpaired) electrons. The molecule has 32 heavy (non-hydrogen) atoms. The Morgan fingerprint density at radius 2 is 1.62 bits per heavy atom. The molecule has 4 unspecified atom stereocenters. The number of fused-ring (bicyclic) bond motifs is 2. The van der Waals surface area contributed by atoms with Crippen LogP contribution in [-0.2, 0) is 9.47 Å². The number of ether oxygens (including phenoxy) is 2. The molecular formula is C24H20ClN3O3S. The second-order valence-corrected chi connectivity index (χ2v) is 9.63. The molecule has 2 aliphatic rings. The first-order chi connectivity index (χ1) is 15.7. The summed E-state index contributed by atoms with van der Waals surface area (Å²) in [5.74, 6) is 0. The van der Waals surface area contributed by atoms with E-state index in [0.717, 1.165) is 21.8 Å². The van der Waals surface area contributed by atoms with Crippen LogP contribution in [0.3, 0.4) is 0 Å². The fraction of sp³-hybridized carbons (Fsp3) is 0.250. The largest absolute Gasteiger partial charge is 0.388 e. The lowest BCUT2D eigenvalue weighted by Crippen LogP contribution is -2.29. The molecule has 0 aliphatic carbocycles. The molecule has 6 nitrogen and oxygen atoms in total. The monoisotopic (exact) mass is 465 g/mol. The number of pyridine rings is 1. The van der Waals surface area contributed by atoms with Gasteiger partial charge in [-0.25, -0.2) is 9.97 Å². The third kappa shape index (κ3) is 3.60. The van der Waals surface area contributed by atoms with Crippen molar-refractivity contribution in [1.29, 1.82) is 0 Å². The average Bonchev–Trinajstić information content (AvgIpc) is 3.51. The second kappa shape index (κ2) is 8.17. The number of halogens is 1. The Kier molecular flexibility index (Phi) is 5.16. The Hall–Kier alpha value is -2.42. The molecule has 0 saturated carbocycles. The van der Waals surface area contributed by atoms with Gasteiger partial charge in [-0.1, -0.05) is 78.0 Å². The number of nitrogens with zero attached hydrogens (tertiary/aromatic N) is 2. The van der Waals surface area contributed by atoms with E-state index in [2.05, 4.69) is 34.2 Å². The zero-order chi connectivity index (χ0) is 21.7. The van der Waals surface area contributed by atoms with Crippen LogP contribution < -0.4 is 0 Å². The summed E-state index contributed by atoms with van der Waals surface area (Å²) in [7, 11) is 0. The molecule has 2 aromatic carbocycles. The molecule has 4 aromatic rings. The Morgan fingerprint density at radius 1 is 0.906 bits per heavy atom. The highest BCUT2D eigenvalue weighted by Gasteiger charge is 2.47. The lowest BCUT2D eigenvalue weighted by Gasteiger charge is -2.13. The Labute approximate surface area is 194 Å². The highest BCUT2D eigenvalue weighted by molar-refractivity contribution is 7.99. The van der Waals surface area contributed by atoms with Gasteiger partial charge < -0.3 is 19.6 Å². The van der Waals surface area contributed by atoms with Gasteiger partial charge in [0.2, 0.25) is 0 Å².